The van der Waals surface area contributed by atoms with Gasteiger partial charge in [-0.05, 0) is 110 Å². The van der Waals surface area contributed by atoms with Crippen molar-refractivity contribution < 1.29 is 4.42 Å². The molecule has 0 N–H and O–H groups in total. The first-order chi connectivity index (χ1) is 29.2. The molecule has 2 aromatic heterocycles. The van der Waals surface area contributed by atoms with Crippen LogP contribution in [-0.2, 0) is 0 Å². The highest BCUT2D eigenvalue weighted by molar-refractivity contribution is 7.27. The lowest BCUT2D eigenvalue weighted by molar-refractivity contribution is 0.669. The van der Waals surface area contributed by atoms with E-state index in [4.69, 9.17) is 4.42 Å². The van der Waals surface area contributed by atoms with Crippen LogP contribution in [0.4, 0.5) is 17.1 Å². The van der Waals surface area contributed by atoms with Crippen LogP contribution in [0, 0.1) is 0 Å². The molecule has 59 heavy (non-hydrogen) atoms. The topological polar surface area (TPSA) is 16.4 Å². The Morgan fingerprint density at radius 3 is 1.34 bits per heavy atom. The molecular weight excluding hydrogens is 735 g/mol. The largest absolute Gasteiger partial charge is 0.456 e. The van der Waals surface area contributed by atoms with Crippen molar-refractivity contribution in [3.8, 4) is 33.4 Å². The normalized spacial score (nSPS) is 11.7. The fraction of sp³-hybridized carbons (Fsp3) is 0. The van der Waals surface area contributed by atoms with Gasteiger partial charge < -0.3 is 9.32 Å². The van der Waals surface area contributed by atoms with Crippen LogP contribution in [0.1, 0.15) is 0 Å². The Balaban J connectivity index is 0.961. The first kappa shape index (κ1) is 33.7. The molecule has 276 valence electrons. The molecule has 0 amide bonds. The lowest BCUT2D eigenvalue weighted by Gasteiger charge is -2.26. The van der Waals surface area contributed by atoms with Gasteiger partial charge in [0.2, 0.25) is 0 Å². The number of thiophene rings is 1. The summed E-state index contributed by atoms with van der Waals surface area (Å²) in [5, 5.41) is 9.93. The number of nitrogens with zero attached hydrogens (tertiary/aromatic N) is 1. The Morgan fingerprint density at radius 2 is 0.746 bits per heavy atom. The van der Waals surface area contributed by atoms with Gasteiger partial charge in [0.1, 0.15) is 11.2 Å². The van der Waals surface area contributed by atoms with E-state index in [0.717, 1.165) is 28.2 Å². The van der Waals surface area contributed by atoms with Crippen LogP contribution in [0.25, 0.3) is 97.0 Å². The van der Waals surface area contributed by atoms with Gasteiger partial charge in [0.05, 0.1) is 0 Å². The molecular formula is C56H35NOS. The summed E-state index contributed by atoms with van der Waals surface area (Å²) in [5.41, 5.74) is 12.5. The second kappa shape index (κ2) is 13.6. The van der Waals surface area contributed by atoms with Crippen molar-refractivity contribution in [2.45, 2.75) is 0 Å². The fourth-order valence-electron chi connectivity index (χ4n) is 9.06. The molecule has 2 heterocycles. The summed E-state index contributed by atoms with van der Waals surface area (Å²) in [6.07, 6.45) is 0. The summed E-state index contributed by atoms with van der Waals surface area (Å²) in [5.74, 6) is 0. The first-order valence-corrected chi connectivity index (χ1v) is 20.9. The van der Waals surface area contributed by atoms with Crippen LogP contribution >= 0.6 is 11.3 Å². The predicted octanol–water partition coefficient (Wildman–Crippen LogP) is 16.7. The summed E-state index contributed by atoms with van der Waals surface area (Å²) in [7, 11) is 0. The zero-order chi connectivity index (χ0) is 38.9. The summed E-state index contributed by atoms with van der Waals surface area (Å²) in [6.45, 7) is 0. The average Bonchev–Trinajstić information content (AvgIpc) is 3.88. The third-order valence-corrected chi connectivity index (χ3v) is 13.2. The summed E-state index contributed by atoms with van der Waals surface area (Å²) < 4.78 is 8.84. The van der Waals surface area contributed by atoms with Crippen molar-refractivity contribution in [2.24, 2.45) is 0 Å². The Hall–Kier alpha value is -7.46. The van der Waals surface area contributed by atoms with Crippen molar-refractivity contribution in [1.29, 1.82) is 0 Å². The number of rotatable bonds is 6. The summed E-state index contributed by atoms with van der Waals surface area (Å²) in [6, 6.07) is 76.9. The zero-order valence-electron chi connectivity index (χ0n) is 32.0. The molecule has 3 heteroatoms. The van der Waals surface area contributed by atoms with Gasteiger partial charge in [-0.1, -0.05) is 158 Å². The molecule has 0 spiro atoms. The molecule has 2 nitrogen and oxygen atoms in total. The van der Waals surface area contributed by atoms with Gasteiger partial charge in [-0.15, -0.1) is 11.3 Å². The number of hydrogen-bond acceptors (Lipinski definition) is 3. The minimum Gasteiger partial charge on any atom is -0.456 e. The highest BCUT2D eigenvalue weighted by Gasteiger charge is 2.18. The van der Waals surface area contributed by atoms with Crippen molar-refractivity contribution in [2.75, 3.05) is 4.90 Å². The van der Waals surface area contributed by atoms with E-state index in [2.05, 4.69) is 211 Å². The molecule has 0 unspecified atom stereocenters. The maximum absolute atomic E-state index is 6.27. The third-order valence-electron chi connectivity index (χ3n) is 11.9. The van der Waals surface area contributed by atoms with Gasteiger partial charge in [0.25, 0.3) is 0 Å². The van der Waals surface area contributed by atoms with E-state index < -0.39 is 0 Å². The van der Waals surface area contributed by atoms with Gasteiger partial charge in [0.15, 0.2) is 0 Å². The third kappa shape index (κ3) is 5.55. The molecule has 0 bridgehead atoms. The second-order valence-corrected chi connectivity index (χ2v) is 16.2. The maximum Gasteiger partial charge on any atom is 0.136 e. The van der Waals surface area contributed by atoms with E-state index in [-0.39, 0.29) is 0 Å². The molecule has 0 fully saturated rings. The average molecular weight is 770 g/mol. The van der Waals surface area contributed by atoms with E-state index >= 15 is 0 Å². The Morgan fingerprint density at radius 1 is 0.305 bits per heavy atom. The molecule has 10 aromatic carbocycles. The number of anilines is 3. The smallest absolute Gasteiger partial charge is 0.136 e. The van der Waals surface area contributed by atoms with Crippen LogP contribution in [0.5, 0.6) is 0 Å². The predicted molar refractivity (Wildman–Crippen MR) is 253 cm³/mol. The molecule has 0 saturated heterocycles. The number of para-hydroxylation sites is 1. The Labute approximate surface area is 345 Å². The minimum absolute atomic E-state index is 0.930. The molecule has 0 atom stereocenters. The minimum atomic E-state index is 0.930. The van der Waals surface area contributed by atoms with E-state index in [1.165, 1.54) is 85.9 Å². The molecule has 12 rings (SSSR count). The molecule has 0 aliphatic rings. The van der Waals surface area contributed by atoms with Crippen LogP contribution in [0.3, 0.4) is 0 Å². The highest BCUT2D eigenvalue weighted by atomic mass is 32.1. The molecule has 0 aliphatic heterocycles. The van der Waals surface area contributed by atoms with Crippen LogP contribution in [0.2, 0.25) is 0 Å². The Bertz CT molecular complexity index is 3410. The lowest BCUT2D eigenvalue weighted by Crippen LogP contribution is -2.09. The number of benzene rings is 10. The molecule has 0 radical (unpaired) electrons. The lowest BCUT2D eigenvalue weighted by atomic mass is 9.97. The van der Waals surface area contributed by atoms with E-state index in [1.807, 2.05) is 17.4 Å². The monoisotopic (exact) mass is 769 g/mol. The molecule has 0 aliphatic carbocycles. The van der Waals surface area contributed by atoms with Crippen molar-refractivity contribution in [3.05, 3.63) is 212 Å². The fourth-order valence-corrected chi connectivity index (χ4v) is 10.5. The molecule has 0 saturated carbocycles. The van der Waals surface area contributed by atoms with Crippen molar-refractivity contribution >= 4 is 92.1 Å². The van der Waals surface area contributed by atoms with Crippen molar-refractivity contribution in [3.63, 3.8) is 0 Å². The standard InChI is InChI=1S/C56H35NOS/c1-3-14-44-36(10-1)12-7-17-46(44)38-22-28-41(29-23-38)57(42-30-24-39(25-31-42)47-18-8-13-37-11-2-4-15-45(37)47)43-32-26-40(27-33-43)48-19-9-20-49-50-34-35-53-54(56(50)59-55(48)49)51-16-5-6-21-52(51)58-53/h1-35H. The maximum atomic E-state index is 6.27. The van der Waals surface area contributed by atoms with Crippen LogP contribution in [0.15, 0.2) is 217 Å². The quantitative estimate of drug-likeness (QED) is 0.167. The number of furan rings is 1. The highest BCUT2D eigenvalue weighted by Crippen LogP contribution is 2.46. The van der Waals surface area contributed by atoms with Crippen molar-refractivity contribution in [1.82, 2.24) is 0 Å². The van der Waals surface area contributed by atoms with E-state index in [1.54, 1.807) is 0 Å². The first-order valence-electron chi connectivity index (χ1n) is 20.1. The van der Waals surface area contributed by atoms with E-state index in [0.29, 0.717) is 0 Å². The molecule has 12 aromatic rings. The Kier molecular flexibility index (Phi) is 7.75. The van der Waals surface area contributed by atoms with E-state index in [9.17, 15) is 0 Å². The zero-order valence-corrected chi connectivity index (χ0v) is 32.8. The summed E-state index contributed by atoms with van der Waals surface area (Å²) in [4.78, 5) is 2.37. The van der Waals surface area contributed by atoms with Gasteiger partial charge in [-0.3, -0.25) is 0 Å². The van der Waals surface area contributed by atoms with Gasteiger partial charge in [0, 0.05) is 48.0 Å². The number of hydrogen-bond donors (Lipinski definition) is 0. The number of fused-ring (bicyclic) bond motifs is 9. The van der Waals surface area contributed by atoms with Gasteiger partial charge >= 0.3 is 0 Å². The van der Waals surface area contributed by atoms with Gasteiger partial charge in [-0.2, -0.15) is 0 Å². The second-order valence-electron chi connectivity index (χ2n) is 15.2. The SMILES string of the molecule is c1ccc2c(-c3ccc(N(c4ccc(-c5cccc6ccccc56)cc4)c4ccc(-c5cccc6c5sc5c6ccc6oc7ccccc7c65)cc4)cc3)cccc2c1. The van der Waals surface area contributed by atoms with Crippen LogP contribution in [-0.4, -0.2) is 0 Å². The summed E-state index contributed by atoms with van der Waals surface area (Å²) >= 11 is 1.87. The van der Waals surface area contributed by atoms with Gasteiger partial charge in [-0.25, -0.2) is 0 Å². The van der Waals surface area contributed by atoms with Crippen LogP contribution < -0.4 is 4.90 Å².